The van der Waals surface area contributed by atoms with Crippen LogP contribution in [0.1, 0.15) is 49.2 Å². The number of hydrogen-bond acceptors (Lipinski definition) is 3. The van der Waals surface area contributed by atoms with Crippen LogP contribution >= 0.6 is 11.6 Å². The first-order chi connectivity index (χ1) is 13.6. The first-order valence-corrected chi connectivity index (χ1v) is 9.96. The third kappa shape index (κ3) is 5.68. The van der Waals surface area contributed by atoms with Gasteiger partial charge in [0.15, 0.2) is 6.29 Å². The highest BCUT2D eigenvalue weighted by Crippen LogP contribution is 2.41. The molecule has 3 rings (SSSR count). The van der Waals surface area contributed by atoms with Crippen molar-refractivity contribution in [2.75, 3.05) is 6.61 Å². The minimum atomic E-state index is -0.753. The number of allylic oxidation sites excluding steroid dienone is 2. The number of rotatable bonds is 8. The van der Waals surface area contributed by atoms with Crippen molar-refractivity contribution in [1.29, 1.82) is 0 Å². The lowest BCUT2D eigenvalue weighted by Crippen LogP contribution is -2.30. The third-order valence-corrected chi connectivity index (χ3v) is 5.16. The summed E-state index contributed by atoms with van der Waals surface area (Å²) in [5, 5.41) is 9.34. The topological polar surface area (TPSA) is 55.8 Å². The van der Waals surface area contributed by atoms with Crippen LogP contribution in [0.4, 0.5) is 0 Å². The quantitative estimate of drug-likeness (QED) is 0.439. The average molecular weight is 401 g/mol. The first kappa shape index (κ1) is 20.6. The van der Waals surface area contributed by atoms with Gasteiger partial charge in [0, 0.05) is 22.9 Å². The molecule has 1 heterocycles. The molecule has 0 spiro atoms. The summed E-state index contributed by atoms with van der Waals surface area (Å²) in [6.45, 7) is 0.564. The number of halogens is 1. The number of hydrogen-bond donors (Lipinski definition) is 1. The van der Waals surface area contributed by atoms with Gasteiger partial charge in [-0.05, 0) is 30.9 Å². The fourth-order valence-electron chi connectivity index (χ4n) is 3.36. The van der Waals surface area contributed by atoms with Crippen LogP contribution in [0.15, 0.2) is 66.7 Å². The highest BCUT2D eigenvalue weighted by atomic mass is 35.5. The van der Waals surface area contributed by atoms with Crippen LogP contribution in [0, 0.1) is 5.92 Å². The third-order valence-electron chi connectivity index (χ3n) is 4.81. The average Bonchev–Trinajstić information content (AvgIpc) is 2.71. The number of ether oxygens (including phenoxy) is 2. The summed E-state index contributed by atoms with van der Waals surface area (Å²) in [5.41, 5.74) is 1.96. The maximum Gasteiger partial charge on any atom is 0.303 e. The molecule has 1 aliphatic rings. The van der Waals surface area contributed by atoms with Gasteiger partial charge in [0.25, 0.3) is 0 Å². The SMILES string of the molecule is O=C(O)CCC/C=C\CC1COC(c2ccccc2Cl)OC1c1ccccc1. The van der Waals surface area contributed by atoms with Crippen molar-refractivity contribution in [3.8, 4) is 0 Å². The van der Waals surface area contributed by atoms with Crippen LogP contribution < -0.4 is 0 Å². The minimum absolute atomic E-state index is 0.0973. The zero-order valence-electron chi connectivity index (χ0n) is 15.7. The van der Waals surface area contributed by atoms with Crippen molar-refractivity contribution in [3.63, 3.8) is 0 Å². The maximum atomic E-state index is 10.6. The fraction of sp³-hybridized carbons (Fsp3) is 0.348. The molecule has 3 unspecified atom stereocenters. The van der Waals surface area contributed by atoms with Crippen LogP contribution in [0.3, 0.4) is 0 Å². The Labute approximate surface area is 170 Å². The van der Waals surface area contributed by atoms with Crippen LogP contribution in [-0.2, 0) is 14.3 Å². The van der Waals surface area contributed by atoms with Gasteiger partial charge in [0.2, 0.25) is 0 Å². The number of carboxylic acids is 1. The largest absolute Gasteiger partial charge is 0.481 e. The minimum Gasteiger partial charge on any atom is -0.481 e. The van der Waals surface area contributed by atoms with Gasteiger partial charge in [-0.25, -0.2) is 0 Å². The van der Waals surface area contributed by atoms with Gasteiger partial charge in [-0.3, -0.25) is 4.79 Å². The van der Waals surface area contributed by atoms with E-state index in [1.165, 1.54) is 0 Å². The number of carbonyl (C=O) groups is 1. The molecule has 1 saturated heterocycles. The van der Waals surface area contributed by atoms with Gasteiger partial charge in [0.1, 0.15) is 0 Å². The molecule has 1 N–H and O–H groups in total. The highest BCUT2D eigenvalue weighted by molar-refractivity contribution is 6.31. The monoisotopic (exact) mass is 400 g/mol. The van der Waals surface area contributed by atoms with E-state index in [0.29, 0.717) is 18.1 Å². The lowest BCUT2D eigenvalue weighted by atomic mass is 9.92. The van der Waals surface area contributed by atoms with Gasteiger partial charge in [0.05, 0.1) is 12.7 Å². The number of benzene rings is 2. The van der Waals surface area contributed by atoms with Crippen molar-refractivity contribution < 1.29 is 19.4 Å². The Bertz CT molecular complexity index is 790. The number of aliphatic carboxylic acids is 1. The van der Waals surface area contributed by atoms with Crippen molar-refractivity contribution in [3.05, 3.63) is 82.9 Å². The summed E-state index contributed by atoms with van der Waals surface area (Å²) < 4.78 is 12.3. The Morgan fingerprint density at radius 2 is 1.86 bits per heavy atom. The van der Waals surface area contributed by atoms with Crippen molar-refractivity contribution >= 4 is 17.6 Å². The molecule has 1 fully saturated rings. The summed E-state index contributed by atoms with van der Waals surface area (Å²) in [6, 6.07) is 17.7. The lowest BCUT2D eigenvalue weighted by molar-refractivity contribution is -0.243. The van der Waals surface area contributed by atoms with E-state index in [1.54, 1.807) is 0 Å². The second-order valence-electron chi connectivity index (χ2n) is 6.91. The van der Waals surface area contributed by atoms with Gasteiger partial charge < -0.3 is 14.6 Å². The summed E-state index contributed by atoms with van der Waals surface area (Å²) in [5.74, 6) is -0.575. The summed E-state index contributed by atoms with van der Waals surface area (Å²) in [6.07, 6.45) is 5.98. The zero-order chi connectivity index (χ0) is 19.8. The number of carboxylic acid groups (broad SMARTS) is 1. The van der Waals surface area contributed by atoms with E-state index in [1.807, 2.05) is 48.5 Å². The normalized spacial score (nSPS) is 22.4. The Hall–Kier alpha value is -2.14. The zero-order valence-corrected chi connectivity index (χ0v) is 16.4. The van der Waals surface area contributed by atoms with Crippen molar-refractivity contribution in [1.82, 2.24) is 0 Å². The second kappa shape index (κ2) is 10.4. The summed E-state index contributed by atoms with van der Waals surface area (Å²) >= 11 is 6.33. The molecule has 2 aromatic rings. The molecule has 0 aromatic heterocycles. The molecule has 148 valence electrons. The van der Waals surface area contributed by atoms with E-state index >= 15 is 0 Å². The van der Waals surface area contributed by atoms with E-state index < -0.39 is 12.3 Å². The van der Waals surface area contributed by atoms with Crippen molar-refractivity contribution in [2.24, 2.45) is 5.92 Å². The number of unbranched alkanes of at least 4 members (excludes halogenated alkanes) is 1. The molecule has 2 aromatic carbocycles. The van der Waals surface area contributed by atoms with E-state index in [2.05, 4.69) is 18.2 Å². The predicted molar refractivity (Wildman–Crippen MR) is 109 cm³/mol. The Kier molecular flexibility index (Phi) is 7.66. The standard InChI is InChI=1S/C23H25ClO4/c24-20-14-9-8-13-19(20)23-27-16-18(12-4-1-2-7-15-21(25)26)22(28-23)17-10-5-3-6-11-17/h1,3-6,8-11,13-14,18,22-23H,2,7,12,15-16H2,(H,25,26)/b4-1-. The van der Waals surface area contributed by atoms with Gasteiger partial charge >= 0.3 is 5.97 Å². The molecule has 0 saturated carbocycles. The van der Waals surface area contributed by atoms with Crippen LogP contribution in [0.2, 0.25) is 5.02 Å². The molecule has 1 aliphatic heterocycles. The van der Waals surface area contributed by atoms with Gasteiger partial charge in [-0.2, -0.15) is 0 Å². The molecular formula is C23H25ClO4. The smallest absolute Gasteiger partial charge is 0.303 e. The van der Waals surface area contributed by atoms with E-state index in [-0.39, 0.29) is 18.4 Å². The fourth-order valence-corrected chi connectivity index (χ4v) is 3.58. The Balaban J connectivity index is 1.67. The van der Waals surface area contributed by atoms with E-state index in [4.69, 9.17) is 26.2 Å². The van der Waals surface area contributed by atoms with Gasteiger partial charge in [-0.1, -0.05) is 72.3 Å². The Morgan fingerprint density at radius 3 is 2.61 bits per heavy atom. The molecule has 0 bridgehead atoms. The molecule has 5 heteroatoms. The van der Waals surface area contributed by atoms with Crippen LogP contribution in [-0.4, -0.2) is 17.7 Å². The Morgan fingerprint density at radius 1 is 1.11 bits per heavy atom. The van der Waals surface area contributed by atoms with Crippen LogP contribution in [0.5, 0.6) is 0 Å². The molecule has 0 radical (unpaired) electrons. The molecular weight excluding hydrogens is 376 g/mol. The molecule has 4 nitrogen and oxygen atoms in total. The van der Waals surface area contributed by atoms with Crippen LogP contribution in [0.25, 0.3) is 0 Å². The van der Waals surface area contributed by atoms with E-state index in [9.17, 15) is 4.79 Å². The summed E-state index contributed by atoms with van der Waals surface area (Å²) in [4.78, 5) is 10.6. The molecule has 3 atom stereocenters. The highest BCUT2D eigenvalue weighted by Gasteiger charge is 2.33. The van der Waals surface area contributed by atoms with Crippen molar-refractivity contribution in [2.45, 2.75) is 38.1 Å². The maximum absolute atomic E-state index is 10.6. The van der Waals surface area contributed by atoms with Gasteiger partial charge in [-0.15, -0.1) is 0 Å². The first-order valence-electron chi connectivity index (χ1n) is 9.58. The summed E-state index contributed by atoms with van der Waals surface area (Å²) in [7, 11) is 0. The predicted octanol–water partition coefficient (Wildman–Crippen LogP) is 5.94. The van der Waals surface area contributed by atoms with E-state index in [0.717, 1.165) is 24.0 Å². The molecule has 0 aliphatic carbocycles. The second-order valence-corrected chi connectivity index (χ2v) is 7.31. The lowest BCUT2D eigenvalue weighted by Gasteiger charge is -2.37. The molecule has 28 heavy (non-hydrogen) atoms. The molecule has 0 amide bonds.